The molecule has 1 aromatic carbocycles. The summed E-state index contributed by atoms with van der Waals surface area (Å²) < 4.78 is 1.08. The Kier molecular flexibility index (Phi) is 3.90. The van der Waals surface area contributed by atoms with Crippen LogP contribution in [-0.2, 0) is 12.0 Å². The number of nitrogens with two attached hydrogens (primary N) is 1. The number of hydrogen-bond acceptors (Lipinski definition) is 3. The molecule has 0 amide bonds. The van der Waals surface area contributed by atoms with Gasteiger partial charge in [0.05, 0.1) is 5.69 Å². The Morgan fingerprint density at radius 1 is 1.22 bits per heavy atom. The number of aromatic nitrogens is 1. The maximum Gasteiger partial charge on any atom is 0.123 e. The molecule has 0 bridgehead atoms. The predicted octanol–water partition coefficient (Wildman–Crippen LogP) is 4.33. The van der Waals surface area contributed by atoms with Crippen LogP contribution in [0.3, 0.4) is 0 Å². The molecule has 2 nitrogen and oxygen atoms in total. The van der Waals surface area contributed by atoms with Crippen molar-refractivity contribution in [3.05, 3.63) is 39.3 Å². The Hall–Kier alpha value is -0.710. The Morgan fingerprint density at radius 2 is 1.83 bits per heavy atom. The Labute approximate surface area is 120 Å². The van der Waals surface area contributed by atoms with Crippen LogP contribution in [0.1, 0.15) is 31.3 Å². The second-order valence-electron chi connectivity index (χ2n) is 5.25. The number of nitrogens with zero attached hydrogens (tertiary/aromatic N) is 1. The zero-order chi connectivity index (χ0) is 13.3. The molecule has 1 heterocycles. The van der Waals surface area contributed by atoms with E-state index in [1.807, 2.05) is 12.1 Å². The first-order chi connectivity index (χ1) is 8.41. The van der Waals surface area contributed by atoms with Crippen molar-refractivity contribution in [3.63, 3.8) is 0 Å². The summed E-state index contributed by atoms with van der Waals surface area (Å²) >= 11 is 5.14. The van der Waals surface area contributed by atoms with Crippen LogP contribution in [0, 0.1) is 0 Å². The molecule has 0 spiro atoms. The van der Waals surface area contributed by atoms with E-state index < -0.39 is 0 Å². The van der Waals surface area contributed by atoms with E-state index in [0.29, 0.717) is 6.54 Å². The van der Waals surface area contributed by atoms with Gasteiger partial charge in [0.15, 0.2) is 0 Å². The van der Waals surface area contributed by atoms with Crippen LogP contribution < -0.4 is 5.73 Å². The lowest BCUT2D eigenvalue weighted by Crippen LogP contribution is -2.15. The van der Waals surface area contributed by atoms with Gasteiger partial charge in [-0.1, -0.05) is 48.8 Å². The van der Waals surface area contributed by atoms with E-state index in [0.717, 1.165) is 20.7 Å². The molecule has 0 atom stereocenters. The molecule has 2 N–H and O–H groups in total. The molecule has 0 radical (unpaired) electrons. The van der Waals surface area contributed by atoms with Crippen molar-refractivity contribution >= 4 is 27.3 Å². The fourth-order valence-corrected chi connectivity index (χ4v) is 3.21. The van der Waals surface area contributed by atoms with Crippen molar-refractivity contribution in [1.29, 1.82) is 0 Å². The SMILES string of the molecule is CC(C)(C)c1nc(-c2ccc(Br)cc2)sc1CN. The maximum atomic E-state index is 5.83. The van der Waals surface area contributed by atoms with Crippen LogP contribution in [-0.4, -0.2) is 4.98 Å². The molecular formula is C14H17BrN2S. The van der Waals surface area contributed by atoms with Gasteiger partial charge in [-0.05, 0) is 12.1 Å². The molecule has 0 fully saturated rings. The second-order valence-corrected chi connectivity index (χ2v) is 7.25. The van der Waals surface area contributed by atoms with Crippen molar-refractivity contribution in [1.82, 2.24) is 4.98 Å². The van der Waals surface area contributed by atoms with Crippen molar-refractivity contribution in [2.75, 3.05) is 0 Å². The number of thiazole rings is 1. The highest BCUT2D eigenvalue weighted by atomic mass is 79.9. The van der Waals surface area contributed by atoms with Crippen molar-refractivity contribution in [3.8, 4) is 10.6 Å². The van der Waals surface area contributed by atoms with Crippen LogP contribution in [0.25, 0.3) is 10.6 Å². The van der Waals surface area contributed by atoms with Gasteiger partial charge in [-0.2, -0.15) is 0 Å². The van der Waals surface area contributed by atoms with E-state index in [9.17, 15) is 0 Å². The molecule has 4 heteroatoms. The Bertz CT molecular complexity index is 538. The van der Waals surface area contributed by atoms with Crippen LogP contribution in [0.4, 0.5) is 0 Å². The van der Waals surface area contributed by atoms with Crippen molar-refractivity contribution in [2.24, 2.45) is 5.73 Å². The third-order valence-electron chi connectivity index (χ3n) is 2.68. The molecule has 96 valence electrons. The van der Waals surface area contributed by atoms with Crippen molar-refractivity contribution in [2.45, 2.75) is 32.7 Å². The lowest BCUT2D eigenvalue weighted by molar-refractivity contribution is 0.567. The fourth-order valence-electron chi connectivity index (χ4n) is 1.79. The highest BCUT2D eigenvalue weighted by Gasteiger charge is 2.22. The third-order valence-corrected chi connectivity index (χ3v) is 4.34. The summed E-state index contributed by atoms with van der Waals surface area (Å²) in [6.07, 6.45) is 0. The maximum absolute atomic E-state index is 5.83. The average Bonchev–Trinajstić information content (AvgIpc) is 2.73. The van der Waals surface area contributed by atoms with Gasteiger partial charge in [0.2, 0.25) is 0 Å². The number of rotatable bonds is 2. The first-order valence-electron chi connectivity index (χ1n) is 5.88. The molecule has 0 unspecified atom stereocenters. The number of hydrogen-bond donors (Lipinski definition) is 1. The Morgan fingerprint density at radius 3 is 2.28 bits per heavy atom. The van der Waals surface area contributed by atoms with E-state index >= 15 is 0 Å². The molecule has 1 aromatic heterocycles. The van der Waals surface area contributed by atoms with E-state index in [1.165, 1.54) is 4.88 Å². The molecule has 18 heavy (non-hydrogen) atoms. The van der Waals surface area contributed by atoms with Crippen LogP contribution in [0.5, 0.6) is 0 Å². The van der Waals surface area contributed by atoms with E-state index in [1.54, 1.807) is 11.3 Å². The zero-order valence-electron chi connectivity index (χ0n) is 10.8. The molecule has 2 aromatic rings. The van der Waals surface area contributed by atoms with Gasteiger partial charge in [-0.25, -0.2) is 4.98 Å². The lowest BCUT2D eigenvalue weighted by atomic mass is 9.91. The molecular weight excluding hydrogens is 308 g/mol. The minimum atomic E-state index is 0.0405. The summed E-state index contributed by atoms with van der Waals surface area (Å²) in [5.74, 6) is 0. The normalized spacial score (nSPS) is 11.8. The summed E-state index contributed by atoms with van der Waals surface area (Å²) in [4.78, 5) is 5.96. The van der Waals surface area contributed by atoms with E-state index in [-0.39, 0.29) is 5.41 Å². The average molecular weight is 325 g/mol. The van der Waals surface area contributed by atoms with Gasteiger partial charge in [0.25, 0.3) is 0 Å². The Balaban J connectivity index is 2.47. The van der Waals surface area contributed by atoms with Crippen LogP contribution in [0.15, 0.2) is 28.7 Å². The van der Waals surface area contributed by atoms with Gasteiger partial charge in [-0.15, -0.1) is 11.3 Å². The van der Waals surface area contributed by atoms with Gasteiger partial charge >= 0.3 is 0 Å². The lowest BCUT2D eigenvalue weighted by Gasteiger charge is -2.16. The van der Waals surface area contributed by atoms with Gasteiger partial charge in [-0.3, -0.25) is 0 Å². The fraction of sp³-hybridized carbons (Fsp3) is 0.357. The van der Waals surface area contributed by atoms with E-state index in [2.05, 4.69) is 48.8 Å². The smallest absolute Gasteiger partial charge is 0.123 e. The van der Waals surface area contributed by atoms with Crippen LogP contribution in [0.2, 0.25) is 0 Å². The molecule has 0 aliphatic rings. The molecule has 0 saturated heterocycles. The molecule has 0 aliphatic heterocycles. The first kappa shape index (κ1) is 13.7. The standard InChI is InChI=1S/C14H17BrN2S/c1-14(2,3)12-11(8-16)18-13(17-12)9-4-6-10(15)7-5-9/h4-7H,8,16H2,1-3H3. The summed E-state index contributed by atoms with van der Waals surface area (Å²) in [6.45, 7) is 7.08. The van der Waals surface area contributed by atoms with E-state index in [4.69, 9.17) is 10.7 Å². The monoisotopic (exact) mass is 324 g/mol. The largest absolute Gasteiger partial charge is 0.326 e. The van der Waals surface area contributed by atoms with Gasteiger partial charge < -0.3 is 5.73 Å². The summed E-state index contributed by atoms with van der Waals surface area (Å²) in [5, 5.41) is 1.05. The summed E-state index contributed by atoms with van der Waals surface area (Å²) in [7, 11) is 0. The molecule has 0 saturated carbocycles. The number of benzene rings is 1. The van der Waals surface area contributed by atoms with Gasteiger partial charge in [0.1, 0.15) is 5.01 Å². The predicted molar refractivity (Wildman–Crippen MR) is 81.8 cm³/mol. The second kappa shape index (κ2) is 5.11. The topological polar surface area (TPSA) is 38.9 Å². The first-order valence-corrected chi connectivity index (χ1v) is 7.49. The van der Waals surface area contributed by atoms with Gasteiger partial charge in [0, 0.05) is 26.9 Å². The summed E-state index contributed by atoms with van der Waals surface area (Å²) in [6, 6.07) is 8.23. The number of halogens is 1. The quantitative estimate of drug-likeness (QED) is 0.892. The zero-order valence-corrected chi connectivity index (χ0v) is 13.2. The summed E-state index contributed by atoms with van der Waals surface area (Å²) in [5.41, 5.74) is 8.13. The highest BCUT2D eigenvalue weighted by molar-refractivity contribution is 9.10. The molecule has 0 aliphatic carbocycles. The minimum absolute atomic E-state index is 0.0405. The van der Waals surface area contributed by atoms with Crippen molar-refractivity contribution < 1.29 is 0 Å². The third kappa shape index (κ3) is 2.82. The highest BCUT2D eigenvalue weighted by Crippen LogP contribution is 2.34. The minimum Gasteiger partial charge on any atom is -0.326 e. The van der Waals surface area contributed by atoms with Crippen LogP contribution >= 0.6 is 27.3 Å². The molecule has 2 rings (SSSR count).